The van der Waals surface area contributed by atoms with Crippen molar-refractivity contribution >= 4 is 23.4 Å². The van der Waals surface area contributed by atoms with E-state index in [1.807, 2.05) is 24.3 Å². The smallest absolute Gasteiger partial charge is 0.251 e. The van der Waals surface area contributed by atoms with Gasteiger partial charge in [0.15, 0.2) is 0 Å². The largest absolute Gasteiger partial charge is 0.354 e. The number of nitriles is 1. The summed E-state index contributed by atoms with van der Waals surface area (Å²) in [5.74, 6) is -0.622. The number of hydrogen-bond donors (Lipinski definition) is 2. The molecule has 0 saturated carbocycles. The molecule has 2 aromatic rings. The van der Waals surface area contributed by atoms with Gasteiger partial charge in [0.05, 0.1) is 18.2 Å². The Morgan fingerprint density at radius 2 is 1.83 bits per heavy atom. The Morgan fingerprint density at radius 1 is 1.08 bits per heavy atom. The fourth-order valence-electron chi connectivity index (χ4n) is 2.06. The lowest BCUT2D eigenvalue weighted by molar-refractivity contribution is -0.120. The molecule has 0 fully saturated rings. The van der Waals surface area contributed by atoms with Crippen molar-refractivity contribution in [2.45, 2.75) is 6.42 Å². The third-order valence-corrected chi connectivity index (χ3v) is 3.55. The number of nitrogens with one attached hydrogen (secondary N) is 2. The Kier molecular flexibility index (Phi) is 6.35. The lowest BCUT2D eigenvalue weighted by Crippen LogP contribution is -2.37. The van der Waals surface area contributed by atoms with E-state index in [0.29, 0.717) is 29.1 Å². The number of hydrogen-bond acceptors (Lipinski definition) is 3. The quantitative estimate of drug-likeness (QED) is 0.845. The predicted molar refractivity (Wildman–Crippen MR) is 91.7 cm³/mol. The molecule has 0 aliphatic heterocycles. The number of halogens is 1. The molecule has 5 nitrogen and oxygen atoms in total. The second-order valence-electron chi connectivity index (χ2n) is 5.10. The molecule has 0 atom stereocenters. The maximum Gasteiger partial charge on any atom is 0.251 e. The van der Waals surface area contributed by atoms with Crippen molar-refractivity contribution in [1.29, 1.82) is 5.26 Å². The molecular formula is C18H16ClN3O2. The molecule has 24 heavy (non-hydrogen) atoms. The van der Waals surface area contributed by atoms with E-state index >= 15 is 0 Å². The highest BCUT2D eigenvalue weighted by molar-refractivity contribution is 6.30. The first-order chi connectivity index (χ1) is 11.6. The summed E-state index contributed by atoms with van der Waals surface area (Å²) in [6.07, 6.45) is 0.663. The Hall–Kier alpha value is -2.84. The topological polar surface area (TPSA) is 82.0 Å². The van der Waals surface area contributed by atoms with Gasteiger partial charge < -0.3 is 10.6 Å². The molecule has 0 heterocycles. The van der Waals surface area contributed by atoms with E-state index in [2.05, 4.69) is 10.6 Å². The molecule has 2 aromatic carbocycles. The van der Waals surface area contributed by atoms with Crippen LogP contribution in [0.4, 0.5) is 0 Å². The maximum atomic E-state index is 11.9. The number of amides is 2. The van der Waals surface area contributed by atoms with E-state index in [-0.39, 0.29) is 18.4 Å². The first-order valence-electron chi connectivity index (χ1n) is 7.38. The minimum atomic E-state index is -0.357. The Morgan fingerprint density at radius 3 is 2.50 bits per heavy atom. The molecular weight excluding hydrogens is 326 g/mol. The van der Waals surface area contributed by atoms with Crippen molar-refractivity contribution in [2.24, 2.45) is 0 Å². The van der Waals surface area contributed by atoms with Crippen LogP contribution < -0.4 is 10.6 Å². The van der Waals surface area contributed by atoms with Gasteiger partial charge in [-0.05, 0) is 48.4 Å². The van der Waals surface area contributed by atoms with Crippen LogP contribution in [0.2, 0.25) is 5.02 Å². The zero-order chi connectivity index (χ0) is 17.4. The van der Waals surface area contributed by atoms with Gasteiger partial charge in [-0.2, -0.15) is 5.26 Å². The number of benzene rings is 2. The Balaban J connectivity index is 1.72. The molecule has 0 unspecified atom stereocenters. The fraction of sp³-hybridized carbons (Fsp3) is 0.167. The first-order valence-corrected chi connectivity index (χ1v) is 7.76. The summed E-state index contributed by atoms with van der Waals surface area (Å²) in [7, 11) is 0. The molecule has 2 N–H and O–H groups in total. The van der Waals surface area contributed by atoms with Gasteiger partial charge in [-0.1, -0.05) is 23.7 Å². The molecule has 122 valence electrons. The molecule has 2 rings (SSSR count). The lowest BCUT2D eigenvalue weighted by Gasteiger charge is -2.07. The zero-order valence-electron chi connectivity index (χ0n) is 12.9. The minimum Gasteiger partial charge on any atom is -0.354 e. The van der Waals surface area contributed by atoms with Crippen LogP contribution in [0.3, 0.4) is 0 Å². The van der Waals surface area contributed by atoms with Crippen molar-refractivity contribution in [3.63, 3.8) is 0 Å². The molecule has 0 spiro atoms. The third-order valence-electron chi connectivity index (χ3n) is 3.31. The average molecular weight is 342 g/mol. The standard InChI is InChI=1S/C18H16ClN3O2/c19-16-3-1-2-13(10-16)8-9-21-17(23)12-22-18(24)15-6-4-14(11-20)5-7-15/h1-7,10H,8-9,12H2,(H,21,23)(H,22,24). The third kappa shape index (κ3) is 5.41. The van der Waals surface area contributed by atoms with Gasteiger partial charge in [-0.15, -0.1) is 0 Å². The van der Waals surface area contributed by atoms with Crippen LogP contribution in [0.5, 0.6) is 0 Å². The van der Waals surface area contributed by atoms with Gasteiger partial charge >= 0.3 is 0 Å². The van der Waals surface area contributed by atoms with Crippen LogP contribution in [-0.2, 0) is 11.2 Å². The van der Waals surface area contributed by atoms with Crippen LogP contribution >= 0.6 is 11.6 Å². The van der Waals surface area contributed by atoms with E-state index in [4.69, 9.17) is 16.9 Å². The summed E-state index contributed by atoms with van der Waals surface area (Å²) >= 11 is 5.90. The summed E-state index contributed by atoms with van der Waals surface area (Å²) < 4.78 is 0. The van der Waals surface area contributed by atoms with E-state index in [1.165, 1.54) is 0 Å². The SMILES string of the molecule is N#Cc1ccc(C(=O)NCC(=O)NCCc2cccc(Cl)c2)cc1. The number of carbonyl (C=O) groups is 2. The van der Waals surface area contributed by atoms with Crippen molar-refractivity contribution in [2.75, 3.05) is 13.1 Å². The summed E-state index contributed by atoms with van der Waals surface area (Å²) in [4.78, 5) is 23.6. The molecule has 2 amide bonds. The van der Waals surface area contributed by atoms with Crippen LogP contribution in [0.1, 0.15) is 21.5 Å². The molecule has 0 saturated heterocycles. The first kappa shape index (κ1) is 17.5. The summed E-state index contributed by atoms with van der Waals surface area (Å²) in [5.41, 5.74) is 1.91. The molecule has 0 aliphatic carbocycles. The highest BCUT2D eigenvalue weighted by atomic mass is 35.5. The molecule has 0 bridgehead atoms. The van der Waals surface area contributed by atoms with E-state index in [0.717, 1.165) is 5.56 Å². The summed E-state index contributed by atoms with van der Waals surface area (Å²) in [5, 5.41) is 14.6. The monoisotopic (exact) mass is 341 g/mol. The summed E-state index contributed by atoms with van der Waals surface area (Å²) in [6, 6.07) is 15.6. The normalized spacial score (nSPS) is 9.83. The zero-order valence-corrected chi connectivity index (χ0v) is 13.6. The van der Waals surface area contributed by atoms with Gasteiger partial charge in [0.1, 0.15) is 0 Å². The number of carbonyl (C=O) groups excluding carboxylic acids is 2. The fourth-order valence-corrected chi connectivity index (χ4v) is 2.27. The molecule has 0 aliphatic rings. The van der Waals surface area contributed by atoms with Crippen LogP contribution in [0.25, 0.3) is 0 Å². The van der Waals surface area contributed by atoms with Gasteiger partial charge in [-0.25, -0.2) is 0 Å². The molecule has 0 aromatic heterocycles. The highest BCUT2D eigenvalue weighted by Gasteiger charge is 2.07. The van der Waals surface area contributed by atoms with Crippen LogP contribution in [0.15, 0.2) is 48.5 Å². The van der Waals surface area contributed by atoms with Crippen molar-refractivity contribution < 1.29 is 9.59 Å². The average Bonchev–Trinajstić information content (AvgIpc) is 2.60. The van der Waals surface area contributed by atoms with Crippen molar-refractivity contribution in [3.05, 3.63) is 70.2 Å². The van der Waals surface area contributed by atoms with Gasteiger partial charge in [0.2, 0.25) is 5.91 Å². The van der Waals surface area contributed by atoms with Crippen LogP contribution in [-0.4, -0.2) is 24.9 Å². The lowest BCUT2D eigenvalue weighted by atomic mass is 10.1. The summed E-state index contributed by atoms with van der Waals surface area (Å²) in [6.45, 7) is 0.361. The Labute approximate surface area is 145 Å². The second-order valence-corrected chi connectivity index (χ2v) is 5.54. The van der Waals surface area contributed by atoms with E-state index < -0.39 is 0 Å². The van der Waals surface area contributed by atoms with E-state index in [1.54, 1.807) is 30.3 Å². The number of rotatable bonds is 6. The van der Waals surface area contributed by atoms with Gasteiger partial charge in [-0.3, -0.25) is 9.59 Å². The van der Waals surface area contributed by atoms with Crippen molar-refractivity contribution in [1.82, 2.24) is 10.6 Å². The minimum absolute atomic E-state index is 0.103. The van der Waals surface area contributed by atoms with Crippen LogP contribution in [0, 0.1) is 11.3 Å². The van der Waals surface area contributed by atoms with Gasteiger partial charge in [0.25, 0.3) is 5.91 Å². The maximum absolute atomic E-state index is 11.9. The van der Waals surface area contributed by atoms with Crippen molar-refractivity contribution in [3.8, 4) is 6.07 Å². The molecule has 6 heteroatoms. The Bertz CT molecular complexity index is 767. The highest BCUT2D eigenvalue weighted by Crippen LogP contribution is 2.10. The van der Waals surface area contributed by atoms with E-state index in [9.17, 15) is 9.59 Å². The van der Waals surface area contributed by atoms with Gasteiger partial charge in [0, 0.05) is 17.1 Å². The second kappa shape index (κ2) is 8.70. The predicted octanol–water partition coefficient (Wildman–Crippen LogP) is 2.30. The molecule has 0 radical (unpaired) electrons. The number of nitrogens with zero attached hydrogens (tertiary/aromatic N) is 1.